The number of aromatic nitrogens is 2. The van der Waals surface area contributed by atoms with E-state index in [1.165, 1.54) is 18.9 Å². The highest BCUT2D eigenvalue weighted by molar-refractivity contribution is 7.98. The van der Waals surface area contributed by atoms with Gasteiger partial charge in [-0.2, -0.15) is 0 Å². The molecular formula is C22H22N2O4S. The van der Waals surface area contributed by atoms with E-state index in [4.69, 9.17) is 14.5 Å². The molecule has 29 heavy (non-hydrogen) atoms. The minimum atomic E-state index is -0.448. The molecule has 0 N–H and O–H groups in total. The fourth-order valence-corrected chi connectivity index (χ4v) is 4.40. The predicted molar refractivity (Wildman–Crippen MR) is 112 cm³/mol. The third-order valence-corrected chi connectivity index (χ3v) is 6.01. The van der Waals surface area contributed by atoms with Crippen molar-refractivity contribution < 1.29 is 14.3 Å². The van der Waals surface area contributed by atoms with Gasteiger partial charge < -0.3 is 9.47 Å². The van der Waals surface area contributed by atoms with Crippen molar-refractivity contribution in [3.05, 3.63) is 70.0 Å². The number of ether oxygens (including phenoxy) is 2. The Balaban J connectivity index is 1.74. The monoisotopic (exact) mass is 410 g/mol. The number of hydrogen-bond acceptors (Lipinski definition) is 6. The van der Waals surface area contributed by atoms with E-state index in [-0.39, 0.29) is 11.7 Å². The van der Waals surface area contributed by atoms with Crippen molar-refractivity contribution >= 4 is 28.6 Å². The summed E-state index contributed by atoms with van der Waals surface area (Å²) in [5.41, 5.74) is 1.91. The van der Waals surface area contributed by atoms with E-state index in [2.05, 4.69) is 0 Å². The summed E-state index contributed by atoms with van der Waals surface area (Å²) in [7, 11) is 1.33. The van der Waals surface area contributed by atoms with Crippen LogP contribution in [0.3, 0.4) is 0 Å². The Kier molecular flexibility index (Phi) is 5.97. The van der Waals surface area contributed by atoms with Crippen molar-refractivity contribution in [2.45, 2.75) is 36.4 Å². The Morgan fingerprint density at radius 1 is 1.28 bits per heavy atom. The number of hydrogen-bond donors (Lipinski definition) is 0. The van der Waals surface area contributed by atoms with Crippen LogP contribution in [0.4, 0.5) is 0 Å². The smallest absolute Gasteiger partial charge is 0.337 e. The van der Waals surface area contributed by atoms with E-state index in [1.54, 1.807) is 22.8 Å². The van der Waals surface area contributed by atoms with Crippen LogP contribution in [0.2, 0.25) is 0 Å². The highest BCUT2D eigenvalue weighted by atomic mass is 32.2. The first-order chi connectivity index (χ1) is 14.2. The first kappa shape index (κ1) is 19.7. The van der Waals surface area contributed by atoms with Crippen LogP contribution in [-0.4, -0.2) is 35.3 Å². The second-order valence-electron chi connectivity index (χ2n) is 6.94. The second-order valence-corrected chi connectivity index (χ2v) is 7.89. The van der Waals surface area contributed by atoms with Gasteiger partial charge in [0, 0.05) is 12.4 Å². The summed E-state index contributed by atoms with van der Waals surface area (Å²) < 4.78 is 12.3. The van der Waals surface area contributed by atoms with Crippen LogP contribution in [0.25, 0.3) is 10.9 Å². The van der Waals surface area contributed by atoms with E-state index in [0.717, 1.165) is 25.0 Å². The fourth-order valence-electron chi connectivity index (χ4n) is 3.43. The number of methoxy groups -OCH3 is 1. The van der Waals surface area contributed by atoms with Gasteiger partial charge in [0.25, 0.3) is 5.56 Å². The Labute approximate surface area is 172 Å². The molecule has 0 radical (unpaired) electrons. The Hall–Kier alpha value is -2.64. The van der Waals surface area contributed by atoms with Gasteiger partial charge in [0.05, 0.1) is 36.2 Å². The van der Waals surface area contributed by atoms with Crippen LogP contribution in [0.5, 0.6) is 0 Å². The molecule has 1 aromatic heterocycles. The molecule has 4 rings (SSSR count). The van der Waals surface area contributed by atoms with Crippen LogP contribution in [0.1, 0.15) is 28.8 Å². The Morgan fingerprint density at radius 3 is 2.83 bits per heavy atom. The zero-order valence-electron chi connectivity index (χ0n) is 16.2. The van der Waals surface area contributed by atoms with Gasteiger partial charge in [-0.25, -0.2) is 9.78 Å². The summed E-state index contributed by atoms with van der Waals surface area (Å²) in [6.07, 6.45) is 1.97. The van der Waals surface area contributed by atoms with Crippen molar-refractivity contribution in [2.75, 3.05) is 13.7 Å². The number of carbonyl (C=O) groups is 1. The fraction of sp³-hybridized carbons (Fsp3) is 0.318. The lowest BCUT2D eigenvalue weighted by atomic mass is 10.1. The topological polar surface area (TPSA) is 70.4 Å². The number of esters is 1. The molecule has 0 saturated carbocycles. The molecule has 0 bridgehead atoms. The molecule has 1 saturated heterocycles. The SMILES string of the molecule is COC(=O)c1ccc2c(=O)n(CC3CCCO3)c(SCc3ccccc3)nc2c1. The van der Waals surface area contributed by atoms with E-state index in [0.29, 0.717) is 33.9 Å². The van der Waals surface area contributed by atoms with Crippen molar-refractivity contribution in [3.63, 3.8) is 0 Å². The molecule has 1 aliphatic rings. The summed E-state index contributed by atoms with van der Waals surface area (Å²) in [5.74, 6) is 0.247. The average molecular weight is 410 g/mol. The molecule has 2 heterocycles. The van der Waals surface area contributed by atoms with Gasteiger partial charge in [-0.15, -0.1) is 0 Å². The molecule has 2 aromatic carbocycles. The van der Waals surface area contributed by atoms with Crippen molar-refractivity contribution in [2.24, 2.45) is 0 Å². The standard InChI is InChI=1S/C22H22N2O4S/c1-27-21(26)16-9-10-18-19(12-16)23-22(29-14-15-6-3-2-4-7-15)24(20(18)25)13-17-8-5-11-28-17/h2-4,6-7,9-10,12,17H,5,8,11,13-14H2,1H3. The maximum Gasteiger partial charge on any atom is 0.337 e. The van der Waals surface area contributed by atoms with Crippen LogP contribution in [0.15, 0.2) is 58.5 Å². The normalized spacial score (nSPS) is 16.2. The predicted octanol–water partition coefficient (Wildman–Crippen LogP) is 3.65. The van der Waals surface area contributed by atoms with Crippen LogP contribution in [-0.2, 0) is 21.8 Å². The third kappa shape index (κ3) is 4.36. The molecule has 6 nitrogen and oxygen atoms in total. The number of carbonyl (C=O) groups excluding carboxylic acids is 1. The van der Waals surface area contributed by atoms with Gasteiger partial charge in [-0.05, 0) is 36.6 Å². The van der Waals surface area contributed by atoms with Gasteiger partial charge in [0.1, 0.15) is 0 Å². The summed E-state index contributed by atoms with van der Waals surface area (Å²) >= 11 is 1.51. The molecule has 150 valence electrons. The summed E-state index contributed by atoms with van der Waals surface area (Å²) in [6.45, 7) is 1.22. The highest BCUT2D eigenvalue weighted by Crippen LogP contribution is 2.24. The molecule has 7 heteroatoms. The number of nitrogens with zero attached hydrogens (tertiary/aromatic N) is 2. The lowest BCUT2D eigenvalue weighted by Gasteiger charge is -2.16. The van der Waals surface area contributed by atoms with Gasteiger partial charge in [0.15, 0.2) is 5.16 Å². The molecular weight excluding hydrogens is 388 g/mol. The van der Waals surface area contributed by atoms with E-state index >= 15 is 0 Å². The zero-order chi connectivity index (χ0) is 20.2. The molecule has 3 aromatic rings. The molecule has 0 amide bonds. The average Bonchev–Trinajstić information content (AvgIpc) is 3.27. The summed E-state index contributed by atoms with van der Waals surface area (Å²) in [5, 5.41) is 1.11. The minimum absolute atomic E-state index is 0.0253. The van der Waals surface area contributed by atoms with Crippen molar-refractivity contribution in [1.29, 1.82) is 0 Å². The molecule has 0 spiro atoms. The van der Waals surface area contributed by atoms with Crippen molar-refractivity contribution in [1.82, 2.24) is 9.55 Å². The first-order valence-electron chi connectivity index (χ1n) is 9.57. The van der Waals surface area contributed by atoms with E-state index < -0.39 is 5.97 Å². The highest BCUT2D eigenvalue weighted by Gasteiger charge is 2.21. The number of benzene rings is 2. The number of rotatable bonds is 6. The van der Waals surface area contributed by atoms with Crippen LogP contribution in [0, 0.1) is 0 Å². The zero-order valence-corrected chi connectivity index (χ0v) is 17.0. The maximum absolute atomic E-state index is 13.2. The van der Waals surface area contributed by atoms with Crippen LogP contribution < -0.4 is 5.56 Å². The third-order valence-electron chi connectivity index (χ3n) is 4.96. The van der Waals surface area contributed by atoms with Gasteiger partial charge in [-0.1, -0.05) is 42.1 Å². The summed E-state index contributed by atoms with van der Waals surface area (Å²) in [4.78, 5) is 29.8. The second kappa shape index (κ2) is 8.80. The minimum Gasteiger partial charge on any atom is -0.465 e. The Bertz CT molecular complexity index is 1080. The largest absolute Gasteiger partial charge is 0.465 e. The molecule has 1 fully saturated rings. The molecule has 1 aliphatic heterocycles. The molecule has 1 unspecified atom stereocenters. The Morgan fingerprint density at radius 2 is 2.10 bits per heavy atom. The van der Waals surface area contributed by atoms with Crippen molar-refractivity contribution in [3.8, 4) is 0 Å². The quantitative estimate of drug-likeness (QED) is 0.351. The lowest BCUT2D eigenvalue weighted by Crippen LogP contribution is -2.29. The maximum atomic E-state index is 13.2. The lowest BCUT2D eigenvalue weighted by molar-refractivity contribution is 0.0601. The number of thioether (sulfide) groups is 1. The van der Waals surface area contributed by atoms with Gasteiger partial charge in [0.2, 0.25) is 0 Å². The van der Waals surface area contributed by atoms with E-state index in [1.807, 2.05) is 30.3 Å². The number of fused-ring (bicyclic) bond motifs is 1. The van der Waals surface area contributed by atoms with Crippen LogP contribution >= 0.6 is 11.8 Å². The van der Waals surface area contributed by atoms with Gasteiger partial charge in [-0.3, -0.25) is 9.36 Å². The van der Waals surface area contributed by atoms with E-state index in [9.17, 15) is 9.59 Å². The molecule has 0 aliphatic carbocycles. The van der Waals surface area contributed by atoms with Gasteiger partial charge >= 0.3 is 5.97 Å². The first-order valence-corrected chi connectivity index (χ1v) is 10.6. The summed E-state index contributed by atoms with van der Waals surface area (Å²) in [6, 6.07) is 14.9. The molecule has 1 atom stereocenters.